The van der Waals surface area contributed by atoms with Gasteiger partial charge in [0.15, 0.2) is 11.5 Å². The van der Waals surface area contributed by atoms with E-state index in [9.17, 15) is 0 Å². The van der Waals surface area contributed by atoms with Gasteiger partial charge < -0.3 is 20.6 Å². The third kappa shape index (κ3) is 3.81. The highest BCUT2D eigenvalue weighted by Crippen LogP contribution is 2.27. The smallest absolute Gasteiger partial charge is 0.165 e. The van der Waals surface area contributed by atoms with Gasteiger partial charge in [-0.25, -0.2) is 15.0 Å². The van der Waals surface area contributed by atoms with Gasteiger partial charge in [0.2, 0.25) is 0 Å². The molecular formula is C24H24ClN7. The Hall–Kier alpha value is -3.42. The molecule has 7 nitrogen and oxygen atoms in total. The number of aromatic nitrogens is 5. The number of hydrogen-bond acceptors (Lipinski definition) is 5. The van der Waals surface area contributed by atoms with Crippen LogP contribution in [0.1, 0.15) is 27.9 Å². The minimum atomic E-state index is 0.377. The van der Waals surface area contributed by atoms with Crippen molar-refractivity contribution in [3.63, 3.8) is 0 Å². The molecule has 8 heteroatoms. The average molecular weight is 446 g/mol. The summed E-state index contributed by atoms with van der Waals surface area (Å²) in [6.45, 7) is 6.43. The minimum Gasteiger partial charge on any atom is -0.382 e. The fourth-order valence-electron chi connectivity index (χ4n) is 4.20. The number of imidazole rings is 1. The first-order valence-corrected chi connectivity index (χ1v) is 10.8. The van der Waals surface area contributed by atoms with E-state index in [1.54, 1.807) is 6.33 Å². The standard InChI is InChI=1S/C24H24ClN7/c1-14-4-3-5-15(2)20(14)10-27-9-19-8-16-6-18(25)7-17(21(16)31-19)11-32-13-30-22-23(26)28-12-29-24(22)32/h3-8,12-13,27,31H,9-11H2,1-2H3,(H2,26,28,29). The summed E-state index contributed by atoms with van der Waals surface area (Å²) >= 11 is 6.44. The minimum absolute atomic E-state index is 0.377. The number of aromatic amines is 1. The molecular weight excluding hydrogens is 422 g/mol. The molecule has 32 heavy (non-hydrogen) atoms. The summed E-state index contributed by atoms with van der Waals surface area (Å²) in [6, 6.07) is 12.5. The fourth-order valence-corrected chi connectivity index (χ4v) is 4.45. The summed E-state index contributed by atoms with van der Waals surface area (Å²) in [6.07, 6.45) is 3.19. The van der Waals surface area contributed by atoms with Crippen molar-refractivity contribution < 1.29 is 0 Å². The highest BCUT2D eigenvalue weighted by Gasteiger charge is 2.12. The van der Waals surface area contributed by atoms with Crippen molar-refractivity contribution in [2.45, 2.75) is 33.5 Å². The van der Waals surface area contributed by atoms with Crippen molar-refractivity contribution in [2.24, 2.45) is 0 Å². The van der Waals surface area contributed by atoms with Gasteiger partial charge in [-0.15, -0.1) is 0 Å². The van der Waals surface area contributed by atoms with E-state index in [1.807, 2.05) is 16.7 Å². The van der Waals surface area contributed by atoms with Gasteiger partial charge in [0.05, 0.1) is 18.4 Å². The molecule has 4 N–H and O–H groups in total. The first-order valence-electron chi connectivity index (χ1n) is 10.5. The van der Waals surface area contributed by atoms with Crippen molar-refractivity contribution >= 4 is 39.5 Å². The maximum Gasteiger partial charge on any atom is 0.165 e. The molecule has 0 bridgehead atoms. The maximum absolute atomic E-state index is 6.44. The van der Waals surface area contributed by atoms with Crippen LogP contribution in [0.2, 0.25) is 5.02 Å². The van der Waals surface area contributed by atoms with Crippen LogP contribution in [0.3, 0.4) is 0 Å². The second kappa shape index (κ2) is 8.26. The highest BCUT2D eigenvalue weighted by atomic mass is 35.5. The number of rotatable bonds is 6. The number of nitrogens with two attached hydrogens (primary N) is 1. The Kier molecular flexibility index (Phi) is 5.28. The Morgan fingerprint density at radius 1 is 1.06 bits per heavy atom. The predicted octanol–water partition coefficient (Wildman–Crippen LogP) is 4.50. The molecule has 2 aromatic carbocycles. The van der Waals surface area contributed by atoms with Crippen LogP contribution in [0.4, 0.5) is 5.82 Å². The molecule has 5 aromatic rings. The molecule has 0 saturated carbocycles. The van der Waals surface area contributed by atoms with Crippen LogP contribution in [-0.2, 0) is 19.6 Å². The van der Waals surface area contributed by atoms with Crippen LogP contribution < -0.4 is 11.1 Å². The molecule has 5 rings (SSSR count). The van der Waals surface area contributed by atoms with Gasteiger partial charge in [0.1, 0.15) is 11.8 Å². The lowest BCUT2D eigenvalue weighted by Gasteiger charge is -2.10. The van der Waals surface area contributed by atoms with E-state index in [0.29, 0.717) is 28.5 Å². The van der Waals surface area contributed by atoms with Gasteiger partial charge in [0, 0.05) is 29.2 Å². The number of anilines is 1. The zero-order valence-corrected chi connectivity index (χ0v) is 18.7. The zero-order chi connectivity index (χ0) is 22.2. The van der Waals surface area contributed by atoms with Crippen LogP contribution in [-0.4, -0.2) is 24.5 Å². The van der Waals surface area contributed by atoms with Crippen molar-refractivity contribution in [1.82, 2.24) is 29.8 Å². The van der Waals surface area contributed by atoms with Crippen molar-refractivity contribution in [1.29, 1.82) is 0 Å². The molecule has 3 aromatic heterocycles. The number of halogens is 1. The van der Waals surface area contributed by atoms with Crippen LogP contribution >= 0.6 is 11.6 Å². The summed E-state index contributed by atoms with van der Waals surface area (Å²) in [7, 11) is 0. The quantitative estimate of drug-likeness (QED) is 0.357. The molecule has 0 unspecified atom stereocenters. The van der Waals surface area contributed by atoms with Crippen LogP contribution in [0.5, 0.6) is 0 Å². The van der Waals surface area contributed by atoms with E-state index >= 15 is 0 Å². The molecule has 0 radical (unpaired) electrons. The first kappa shape index (κ1) is 20.5. The molecule has 0 fully saturated rings. The van der Waals surface area contributed by atoms with E-state index in [-0.39, 0.29) is 0 Å². The number of nitrogen functional groups attached to an aromatic ring is 1. The van der Waals surface area contributed by atoms with Gasteiger partial charge in [-0.1, -0.05) is 29.8 Å². The third-order valence-corrected chi connectivity index (χ3v) is 6.08. The Morgan fingerprint density at radius 3 is 2.69 bits per heavy atom. The number of aryl methyl sites for hydroxylation is 2. The number of nitrogens with zero attached hydrogens (tertiary/aromatic N) is 4. The van der Waals surface area contributed by atoms with Gasteiger partial charge in [-0.05, 0) is 54.3 Å². The van der Waals surface area contributed by atoms with E-state index in [0.717, 1.165) is 35.2 Å². The lowest BCUT2D eigenvalue weighted by molar-refractivity contribution is 0.678. The lowest BCUT2D eigenvalue weighted by atomic mass is 10.0. The van der Waals surface area contributed by atoms with Crippen LogP contribution in [0.15, 0.2) is 49.1 Å². The maximum atomic E-state index is 6.44. The topological polar surface area (TPSA) is 97.4 Å². The summed E-state index contributed by atoms with van der Waals surface area (Å²) in [5, 5.41) is 5.33. The molecule has 0 saturated heterocycles. The first-order chi connectivity index (χ1) is 15.5. The Morgan fingerprint density at radius 2 is 1.88 bits per heavy atom. The van der Waals surface area contributed by atoms with Crippen LogP contribution in [0.25, 0.3) is 22.1 Å². The Balaban J connectivity index is 1.40. The monoisotopic (exact) mass is 445 g/mol. The number of hydrogen-bond donors (Lipinski definition) is 3. The van der Waals surface area contributed by atoms with E-state index in [4.69, 9.17) is 17.3 Å². The summed E-state index contributed by atoms with van der Waals surface area (Å²) in [4.78, 5) is 16.3. The van der Waals surface area contributed by atoms with E-state index < -0.39 is 0 Å². The summed E-state index contributed by atoms with van der Waals surface area (Å²) < 4.78 is 1.96. The van der Waals surface area contributed by atoms with Gasteiger partial charge >= 0.3 is 0 Å². The van der Waals surface area contributed by atoms with Crippen LogP contribution in [0, 0.1) is 13.8 Å². The van der Waals surface area contributed by atoms with E-state index in [1.165, 1.54) is 23.0 Å². The largest absolute Gasteiger partial charge is 0.382 e. The average Bonchev–Trinajstić information content (AvgIpc) is 3.35. The number of nitrogens with one attached hydrogen (secondary N) is 2. The summed E-state index contributed by atoms with van der Waals surface area (Å²) in [5.74, 6) is 0.377. The van der Waals surface area contributed by atoms with E-state index in [2.05, 4.69) is 63.4 Å². The molecule has 0 atom stereocenters. The summed E-state index contributed by atoms with van der Waals surface area (Å²) in [5.41, 5.74) is 14.4. The second-order valence-electron chi connectivity index (χ2n) is 8.10. The van der Waals surface area contributed by atoms with Crippen molar-refractivity contribution in [2.75, 3.05) is 5.73 Å². The predicted molar refractivity (Wildman–Crippen MR) is 129 cm³/mol. The molecule has 0 aliphatic heterocycles. The number of H-pyrrole nitrogens is 1. The Labute approximate surface area is 190 Å². The zero-order valence-electron chi connectivity index (χ0n) is 18.0. The molecule has 0 amide bonds. The van der Waals surface area contributed by atoms with Gasteiger partial charge in [-0.3, -0.25) is 0 Å². The normalized spacial score (nSPS) is 11.6. The second-order valence-corrected chi connectivity index (χ2v) is 8.54. The molecule has 0 aliphatic rings. The molecule has 3 heterocycles. The van der Waals surface area contributed by atoms with Crippen molar-refractivity contribution in [3.05, 3.63) is 82.0 Å². The third-order valence-electron chi connectivity index (χ3n) is 5.86. The lowest BCUT2D eigenvalue weighted by Crippen LogP contribution is -2.14. The van der Waals surface area contributed by atoms with Gasteiger partial charge in [-0.2, -0.15) is 0 Å². The van der Waals surface area contributed by atoms with Gasteiger partial charge in [0.25, 0.3) is 0 Å². The number of fused-ring (bicyclic) bond motifs is 2. The fraction of sp³-hybridized carbons (Fsp3) is 0.208. The molecule has 162 valence electrons. The molecule has 0 aliphatic carbocycles. The highest BCUT2D eigenvalue weighted by molar-refractivity contribution is 6.31. The Bertz CT molecular complexity index is 1410. The van der Waals surface area contributed by atoms with Crippen molar-refractivity contribution in [3.8, 4) is 0 Å². The number of benzene rings is 2. The molecule has 0 spiro atoms. The SMILES string of the molecule is Cc1cccc(C)c1CNCc1cc2cc(Cl)cc(Cn3cnc4c(N)ncnc43)c2[nH]1.